The molecule has 0 saturated heterocycles. The summed E-state index contributed by atoms with van der Waals surface area (Å²) in [5, 5.41) is 4.04. The van der Waals surface area contributed by atoms with Gasteiger partial charge in [0.25, 0.3) is 5.91 Å². The van der Waals surface area contributed by atoms with Gasteiger partial charge in [0.2, 0.25) is 0 Å². The standard InChI is InChI=1S/C28H28BrN3OS/c1-2-19-32-26(22-12-7-4-8-13-22)25(21-10-5-3-6-11-21)31-28(32)34-20-9-18-30-27(33)23-14-16-24(29)17-15-23/h3-8,10-17H,2,9,18-20H2,1H3,(H,30,33). The first-order chi connectivity index (χ1) is 16.7. The molecule has 34 heavy (non-hydrogen) atoms. The number of benzene rings is 3. The van der Waals surface area contributed by atoms with E-state index in [1.807, 2.05) is 36.4 Å². The Labute approximate surface area is 213 Å². The van der Waals surface area contributed by atoms with Crippen LogP contribution in [-0.2, 0) is 6.54 Å². The van der Waals surface area contributed by atoms with E-state index in [1.165, 1.54) is 11.3 Å². The van der Waals surface area contributed by atoms with Crippen molar-refractivity contribution < 1.29 is 4.79 Å². The molecular weight excluding hydrogens is 506 g/mol. The van der Waals surface area contributed by atoms with Crippen LogP contribution in [0.1, 0.15) is 30.1 Å². The molecular formula is C28H28BrN3OS. The fraction of sp³-hybridized carbons (Fsp3) is 0.214. The number of nitrogens with one attached hydrogen (secondary N) is 1. The third kappa shape index (κ3) is 5.99. The van der Waals surface area contributed by atoms with Gasteiger partial charge in [-0.2, -0.15) is 0 Å². The van der Waals surface area contributed by atoms with Crippen molar-refractivity contribution in [1.29, 1.82) is 0 Å². The first-order valence-electron chi connectivity index (χ1n) is 11.5. The van der Waals surface area contributed by atoms with Crippen molar-refractivity contribution in [3.05, 3.63) is 95.0 Å². The molecule has 4 aromatic rings. The van der Waals surface area contributed by atoms with Gasteiger partial charge in [-0.05, 0) is 37.1 Å². The van der Waals surface area contributed by atoms with E-state index in [1.54, 1.807) is 11.8 Å². The van der Waals surface area contributed by atoms with Crippen LogP contribution >= 0.6 is 27.7 Å². The highest BCUT2D eigenvalue weighted by Gasteiger charge is 2.19. The van der Waals surface area contributed by atoms with Crippen LogP contribution in [0.15, 0.2) is 94.6 Å². The first kappa shape index (κ1) is 24.3. The third-order valence-corrected chi connectivity index (χ3v) is 7.01. The molecule has 0 aliphatic carbocycles. The molecule has 6 heteroatoms. The predicted molar refractivity (Wildman–Crippen MR) is 145 cm³/mol. The number of thioether (sulfide) groups is 1. The summed E-state index contributed by atoms with van der Waals surface area (Å²) in [7, 11) is 0. The van der Waals surface area contributed by atoms with Crippen LogP contribution in [0.25, 0.3) is 22.5 Å². The Balaban J connectivity index is 1.48. The normalized spacial score (nSPS) is 10.9. The number of nitrogens with zero attached hydrogens (tertiary/aromatic N) is 2. The Morgan fingerprint density at radius 2 is 1.59 bits per heavy atom. The molecule has 0 saturated carbocycles. The molecule has 1 N–H and O–H groups in total. The summed E-state index contributed by atoms with van der Waals surface area (Å²) in [4.78, 5) is 17.4. The van der Waals surface area contributed by atoms with Crippen molar-refractivity contribution in [2.75, 3.05) is 12.3 Å². The monoisotopic (exact) mass is 533 g/mol. The first-order valence-corrected chi connectivity index (χ1v) is 13.3. The number of imidazole rings is 1. The number of carbonyl (C=O) groups excluding carboxylic acids is 1. The van der Waals surface area contributed by atoms with Crippen LogP contribution in [0.5, 0.6) is 0 Å². The number of halogens is 1. The van der Waals surface area contributed by atoms with Gasteiger partial charge in [0.1, 0.15) is 0 Å². The number of aromatic nitrogens is 2. The number of hydrogen-bond donors (Lipinski definition) is 1. The zero-order valence-corrected chi connectivity index (χ0v) is 21.6. The molecule has 0 unspecified atom stereocenters. The smallest absolute Gasteiger partial charge is 0.251 e. The summed E-state index contributed by atoms with van der Waals surface area (Å²) < 4.78 is 3.32. The molecule has 1 heterocycles. The van der Waals surface area contributed by atoms with Crippen LogP contribution in [0, 0.1) is 0 Å². The topological polar surface area (TPSA) is 46.9 Å². The minimum Gasteiger partial charge on any atom is -0.352 e. The zero-order valence-electron chi connectivity index (χ0n) is 19.2. The molecule has 4 nitrogen and oxygen atoms in total. The van der Waals surface area contributed by atoms with Gasteiger partial charge in [-0.15, -0.1) is 0 Å². The Hall–Kier alpha value is -2.83. The highest BCUT2D eigenvalue weighted by molar-refractivity contribution is 9.10. The lowest BCUT2D eigenvalue weighted by molar-refractivity contribution is 0.0954. The third-order valence-electron chi connectivity index (χ3n) is 5.42. The Bertz CT molecular complexity index is 1210. The summed E-state index contributed by atoms with van der Waals surface area (Å²) in [5.41, 5.74) is 5.16. The van der Waals surface area contributed by atoms with Crippen LogP contribution in [0.2, 0.25) is 0 Å². The number of amides is 1. The van der Waals surface area contributed by atoms with E-state index in [4.69, 9.17) is 4.98 Å². The Kier molecular flexibility index (Phi) is 8.61. The number of rotatable bonds is 10. The molecule has 0 spiro atoms. The van der Waals surface area contributed by atoms with E-state index in [0.29, 0.717) is 12.1 Å². The minimum atomic E-state index is -0.0392. The Morgan fingerprint density at radius 3 is 2.24 bits per heavy atom. The van der Waals surface area contributed by atoms with Gasteiger partial charge in [-0.25, -0.2) is 4.98 Å². The van der Waals surface area contributed by atoms with E-state index >= 15 is 0 Å². The summed E-state index contributed by atoms with van der Waals surface area (Å²) in [6.45, 7) is 3.74. The lowest BCUT2D eigenvalue weighted by atomic mass is 10.0. The SMILES string of the molecule is CCCn1c(SCCCNC(=O)c2ccc(Br)cc2)nc(-c2ccccc2)c1-c1ccccc1. The van der Waals surface area contributed by atoms with Crippen molar-refractivity contribution in [2.45, 2.75) is 31.5 Å². The Morgan fingerprint density at radius 1 is 0.941 bits per heavy atom. The molecule has 3 aromatic carbocycles. The quantitative estimate of drug-likeness (QED) is 0.172. The summed E-state index contributed by atoms with van der Waals surface area (Å²) in [6.07, 6.45) is 1.90. The van der Waals surface area contributed by atoms with Gasteiger partial charge in [0.05, 0.1) is 11.4 Å². The molecule has 1 amide bonds. The molecule has 0 radical (unpaired) electrons. The fourth-order valence-corrected chi connectivity index (χ4v) is 5.03. The van der Waals surface area contributed by atoms with Gasteiger partial charge >= 0.3 is 0 Å². The van der Waals surface area contributed by atoms with Crippen molar-refractivity contribution in [2.24, 2.45) is 0 Å². The van der Waals surface area contributed by atoms with E-state index in [9.17, 15) is 4.79 Å². The minimum absolute atomic E-state index is 0.0392. The van der Waals surface area contributed by atoms with Crippen LogP contribution in [0.3, 0.4) is 0 Å². The molecule has 4 rings (SSSR count). The highest BCUT2D eigenvalue weighted by atomic mass is 79.9. The van der Waals surface area contributed by atoms with Crippen molar-refractivity contribution in [1.82, 2.24) is 14.9 Å². The second-order valence-corrected chi connectivity index (χ2v) is 9.92. The molecule has 0 bridgehead atoms. The zero-order chi connectivity index (χ0) is 23.8. The van der Waals surface area contributed by atoms with E-state index in [-0.39, 0.29) is 5.91 Å². The summed E-state index contributed by atoms with van der Waals surface area (Å²) in [6, 6.07) is 28.3. The number of carbonyl (C=O) groups is 1. The van der Waals surface area contributed by atoms with Crippen LogP contribution < -0.4 is 5.32 Å². The average molecular weight is 535 g/mol. The largest absolute Gasteiger partial charge is 0.352 e. The van der Waals surface area contributed by atoms with Gasteiger partial charge in [-0.1, -0.05) is 95.3 Å². The van der Waals surface area contributed by atoms with E-state index in [0.717, 1.165) is 46.0 Å². The van der Waals surface area contributed by atoms with Gasteiger partial charge in [0, 0.05) is 40.0 Å². The van der Waals surface area contributed by atoms with E-state index in [2.05, 4.69) is 81.3 Å². The molecule has 0 aliphatic rings. The predicted octanol–water partition coefficient (Wildman–Crippen LogP) is 7.30. The molecule has 0 atom stereocenters. The second kappa shape index (κ2) is 12.0. The van der Waals surface area contributed by atoms with Crippen molar-refractivity contribution in [3.8, 4) is 22.5 Å². The number of hydrogen-bond acceptors (Lipinski definition) is 3. The summed E-state index contributed by atoms with van der Waals surface area (Å²) in [5.74, 6) is 0.840. The maximum atomic E-state index is 12.3. The van der Waals surface area contributed by atoms with Crippen molar-refractivity contribution in [3.63, 3.8) is 0 Å². The molecule has 174 valence electrons. The van der Waals surface area contributed by atoms with Gasteiger partial charge in [0.15, 0.2) is 5.16 Å². The van der Waals surface area contributed by atoms with Gasteiger partial charge in [-0.3, -0.25) is 4.79 Å². The fourth-order valence-electron chi connectivity index (χ4n) is 3.80. The molecule has 0 aliphatic heterocycles. The lowest BCUT2D eigenvalue weighted by Crippen LogP contribution is -2.24. The molecule has 0 fully saturated rings. The molecule has 1 aromatic heterocycles. The van der Waals surface area contributed by atoms with Crippen LogP contribution in [-0.4, -0.2) is 27.8 Å². The van der Waals surface area contributed by atoms with Gasteiger partial charge < -0.3 is 9.88 Å². The van der Waals surface area contributed by atoms with E-state index < -0.39 is 0 Å². The highest BCUT2D eigenvalue weighted by Crippen LogP contribution is 2.36. The summed E-state index contributed by atoms with van der Waals surface area (Å²) >= 11 is 5.16. The second-order valence-electron chi connectivity index (χ2n) is 7.94. The lowest BCUT2D eigenvalue weighted by Gasteiger charge is -2.12. The van der Waals surface area contributed by atoms with Crippen LogP contribution in [0.4, 0.5) is 0 Å². The van der Waals surface area contributed by atoms with Crippen molar-refractivity contribution >= 4 is 33.6 Å². The maximum Gasteiger partial charge on any atom is 0.251 e. The maximum absolute atomic E-state index is 12.3. The average Bonchev–Trinajstić information content (AvgIpc) is 3.23.